The molecule has 0 unspecified atom stereocenters. The lowest BCUT2D eigenvalue weighted by molar-refractivity contribution is 0.0998. The van der Waals surface area contributed by atoms with Gasteiger partial charge in [-0.15, -0.1) is 0 Å². The van der Waals surface area contributed by atoms with Crippen molar-refractivity contribution in [2.75, 3.05) is 17.7 Å². The van der Waals surface area contributed by atoms with Crippen LogP contribution in [0.25, 0.3) is 11.0 Å². The third kappa shape index (κ3) is 3.44. The zero-order valence-corrected chi connectivity index (χ0v) is 14.4. The molecule has 3 N–H and O–H groups in total. The van der Waals surface area contributed by atoms with Crippen LogP contribution in [-0.4, -0.2) is 19.0 Å². The zero-order valence-electron chi connectivity index (χ0n) is 13.6. The smallest absolute Gasteiger partial charge is 0.318 e. The van der Waals surface area contributed by atoms with Gasteiger partial charge in [-0.05, 0) is 37.3 Å². The molecular weight excluding hydrogens is 342 g/mol. The number of urea groups is 1. The van der Waals surface area contributed by atoms with Crippen LogP contribution in [0.15, 0.2) is 46.9 Å². The Balaban J connectivity index is 1.79. The maximum atomic E-state index is 12.5. The van der Waals surface area contributed by atoms with Gasteiger partial charge >= 0.3 is 6.03 Å². The van der Waals surface area contributed by atoms with E-state index in [1.165, 1.54) is 7.05 Å². The van der Waals surface area contributed by atoms with Crippen molar-refractivity contribution < 1.29 is 14.0 Å². The van der Waals surface area contributed by atoms with Crippen LogP contribution in [0.4, 0.5) is 16.2 Å². The Hall–Kier alpha value is -2.99. The molecule has 3 amide bonds. The summed E-state index contributed by atoms with van der Waals surface area (Å²) in [6.07, 6.45) is 0. The second-order valence-electron chi connectivity index (χ2n) is 5.41. The van der Waals surface area contributed by atoms with Crippen LogP contribution in [0.5, 0.6) is 0 Å². The molecule has 1 aromatic heterocycles. The number of halogens is 1. The number of aryl methyl sites for hydroxylation is 1. The zero-order chi connectivity index (χ0) is 18.0. The van der Waals surface area contributed by atoms with Gasteiger partial charge in [0.2, 0.25) is 0 Å². The fourth-order valence-electron chi connectivity index (χ4n) is 2.44. The molecule has 0 radical (unpaired) electrons. The van der Waals surface area contributed by atoms with E-state index in [9.17, 15) is 9.59 Å². The molecule has 0 aliphatic rings. The van der Waals surface area contributed by atoms with Gasteiger partial charge in [0.15, 0.2) is 11.3 Å². The number of para-hydroxylation sites is 1. The monoisotopic (exact) mass is 357 g/mol. The largest absolute Gasteiger partial charge is 0.449 e. The van der Waals surface area contributed by atoms with Crippen LogP contribution in [-0.2, 0) is 0 Å². The van der Waals surface area contributed by atoms with E-state index in [1.807, 2.05) is 19.1 Å². The van der Waals surface area contributed by atoms with Crippen molar-refractivity contribution in [1.29, 1.82) is 0 Å². The highest BCUT2D eigenvalue weighted by Crippen LogP contribution is 2.31. The summed E-state index contributed by atoms with van der Waals surface area (Å²) in [4.78, 5) is 23.8. The maximum Gasteiger partial charge on any atom is 0.318 e. The van der Waals surface area contributed by atoms with E-state index >= 15 is 0 Å². The molecule has 0 fully saturated rings. The van der Waals surface area contributed by atoms with Crippen molar-refractivity contribution in [3.63, 3.8) is 0 Å². The van der Waals surface area contributed by atoms with Crippen molar-refractivity contribution >= 4 is 45.9 Å². The number of benzene rings is 2. The summed E-state index contributed by atoms with van der Waals surface area (Å²) in [5.41, 5.74) is 2.42. The van der Waals surface area contributed by atoms with Gasteiger partial charge in [-0.2, -0.15) is 0 Å². The minimum atomic E-state index is -0.364. The molecule has 0 saturated carbocycles. The van der Waals surface area contributed by atoms with Gasteiger partial charge in [0.25, 0.3) is 5.91 Å². The second kappa shape index (κ2) is 6.86. The lowest BCUT2D eigenvalue weighted by Crippen LogP contribution is -2.24. The predicted octanol–water partition coefficient (Wildman–Crippen LogP) is 4.40. The van der Waals surface area contributed by atoms with E-state index in [0.29, 0.717) is 22.0 Å². The maximum absolute atomic E-state index is 12.5. The second-order valence-corrected chi connectivity index (χ2v) is 5.82. The van der Waals surface area contributed by atoms with Gasteiger partial charge < -0.3 is 20.4 Å². The number of carbonyl (C=O) groups is 2. The van der Waals surface area contributed by atoms with E-state index in [0.717, 1.165) is 10.9 Å². The first-order valence-corrected chi connectivity index (χ1v) is 7.95. The number of amides is 3. The van der Waals surface area contributed by atoms with E-state index in [4.69, 9.17) is 16.0 Å². The van der Waals surface area contributed by atoms with Crippen molar-refractivity contribution in [3.05, 3.63) is 58.8 Å². The fraction of sp³-hybridized carbons (Fsp3) is 0.111. The van der Waals surface area contributed by atoms with Crippen LogP contribution in [0, 0.1) is 6.92 Å². The van der Waals surface area contributed by atoms with Crippen molar-refractivity contribution in [2.24, 2.45) is 0 Å². The predicted molar refractivity (Wildman–Crippen MR) is 98.4 cm³/mol. The molecule has 2 aromatic carbocycles. The van der Waals surface area contributed by atoms with Crippen LogP contribution in [0.1, 0.15) is 16.1 Å². The molecule has 128 valence electrons. The molecule has 3 rings (SSSR count). The molecule has 0 aliphatic carbocycles. The van der Waals surface area contributed by atoms with Crippen LogP contribution >= 0.6 is 11.6 Å². The Kier molecular flexibility index (Phi) is 4.63. The van der Waals surface area contributed by atoms with Crippen LogP contribution in [0.3, 0.4) is 0 Å². The summed E-state index contributed by atoms with van der Waals surface area (Å²) in [6.45, 7) is 1.81. The van der Waals surface area contributed by atoms with Gasteiger partial charge in [0.05, 0.1) is 5.02 Å². The van der Waals surface area contributed by atoms with Crippen molar-refractivity contribution in [1.82, 2.24) is 5.32 Å². The Morgan fingerprint density at radius 1 is 1.00 bits per heavy atom. The number of carbonyl (C=O) groups excluding carboxylic acids is 2. The molecule has 0 atom stereocenters. The van der Waals surface area contributed by atoms with E-state index in [1.54, 1.807) is 30.3 Å². The Morgan fingerprint density at radius 2 is 1.64 bits per heavy atom. The molecule has 0 bridgehead atoms. The lowest BCUT2D eigenvalue weighted by Gasteiger charge is -2.07. The van der Waals surface area contributed by atoms with Gasteiger partial charge in [-0.25, -0.2) is 4.79 Å². The molecule has 0 spiro atoms. The number of nitrogens with one attached hydrogen (secondary N) is 3. The van der Waals surface area contributed by atoms with Crippen LogP contribution < -0.4 is 16.0 Å². The molecule has 25 heavy (non-hydrogen) atoms. The standard InChI is InChI=1S/C18H16ClN3O3/c1-10-13-4-3-5-14(19)16(13)25-15(10)17(23)21-11-6-8-12(9-7-11)22-18(24)20-2/h3-9H,1-2H3,(H,21,23)(H2,20,22,24). The Morgan fingerprint density at radius 3 is 2.24 bits per heavy atom. The molecule has 3 aromatic rings. The van der Waals surface area contributed by atoms with E-state index in [2.05, 4.69) is 16.0 Å². The highest BCUT2D eigenvalue weighted by Gasteiger charge is 2.19. The Bertz CT molecular complexity index is 948. The summed E-state index contributed by atoms with van der Waals surface area (Å²) in [7, 11) is 1.53. The summed E-state index contributed by atoms with van der Waals surface area (Å²) < 4.78 is 5.65. The number of furan rings is 1. The normalized spacial score (nSPS) is 10.5. The molecule has 6 nitrogen and oxygen atoms in total. The first-order valence-electron chi connectivity index (χ1n) is 7.57. The topological polar surface area (TPSA) is 83.4 Å². The highest BCUT2D eigenvalue weighted by atomic mass is 35.5. The first-order chi connectivity index (χ1) is 12.0. The highest BCUT2D eigenvalue weighted by molar-refractivity contribution is 6.35. The molecule has 0 saturated heterocycles. The molecular formula is C18H16ClN3O3. The number of rotatable bonds is 3. The Labute approximate surface area is 149 Å². The number of fused-ring (bicyclic) bond motifs is 1. The van der Waals surface area contributed by atoms with Gasteiger partial charge in [0, 0.05) is 29.4 Å². The van der Waals surface area contributed by atoms with Gasteiger partial charge in [0.1, 0.15) is 0 Å². The quantitative estimate of drug-likeness (QED) is 0.649. The summed E-state index contributed by atoms with van der Waals surface area (Å²) >= 11 is 6.11. The minimum absolute atomic E-state index is 0.218. The summed E-state index contributed by atoms with van der Waals surface area (Å²) in [5, 5.41) is 9.14. The lowest BCUT2D eigenvalue weighted by atomic mass is 10.1. The average molecular weight is 358 g/mol. The number of hydrogen-bond donors (Lipinski definition) is 3. The molecule has 1 heterocycles. The SMILES string of the molecule is CNC(=O)Nc1ccc(NC(=O)c2oc3c(Cl)cccc3c2C)cc1. The van der Waals surface area contributed by atoms with Crippen LogP contribution in [0.2, 0.25) is 5.02 Å². The average Bonchev–Trinajstić information content (AvgIpc) is 2.95. The number of anilines is 2. The van der Waals surface area contributed by atoms with Crippen molar-refractivity contribution in [2.45, 2.75) is 6.92 Å². The fourth-order valence-corrected chi connectivity index (χ4v) is 2.66. The minimum Gasteiger partial charge on any atom is -0.449 e. The van der Waals surface area contributed by atoms with Crippen molar-refractivity contribution in [3.8, 4) is 0 Å². The first kappa shape index (κ1) is 16.9. The third-order valence-corrected chi connectivity index (χ3v) is 4.05. The van der Waals surface area contributed by atoms with E-state index < -0.39 is 0 Å². The molecule has 0 aliphatic heterocycles. The number of hydrogen-bond acceptors (Lipinski definition) is 3. The summed E-state index contributed by atoms with van der Waals surface area (Å²) in [5.74, 6) is -0.146. The van der Waals surface area contributed by atoms with E-state index in [-0.39, 0.29) is 17.7 Å². The molecule has 7 heteroatoms. The third-order valence-electron chi connectivity index (χ3n) is 3.75. The van der Waals surface area contributed by atoms with Gasteiger partial charge in [-0.1, -0.05) is 23.7 Å². The summed E-state index contributed by atoms with van der Waals surface area (Å²) in [6, 6.07) is 11.8. The van der Waals surface area contributed by atoms with Gasteiger partial charge in [-0.3, -0.25) is 4.79 Å².